The highest BCUT2D eigenvalue weighted by Crippen LogP contribution is 2.38. The second-order valence-electron chi connectivity index (χ2n) is 21.0. The van der Waals surface area contributed by atoms with Crippen LogP contribution in [0.25, 0.3) is 0 Å². The van der Waals surface area contributed by atoms with Gasteiger partial charge in [0.2, 0.25) is 5.91 Å². The molecule has 0 heterocycles. The third-order valence-corrected chi connectivity index (χ3v) is 13.9. The van der Waals surface area contributed by atoms with Gasteiger partial charge in [0.1, 0.15) is 13.2 Å². The van der Waals surface area contributed by atoms with E-state index < -0.39 is 20.0 Å². The Morgan fingerprint density at radius 3 is 1.27 bits per heavy atom. The summed E-state index contributed by atoms with van der Waals surface area (Å²) in [5.74, 6) is -0.166. The Balaban J connectivity index is 3.84. The Morgan fingerprint density at radius 2 is 0.871 bits per heavy atom. The van der Waals surface area contributed by atoms with Gasteiger partial charge in [-0.1, -0.05) is 260 Å². The Kier molecular flexibility index (Phi) is 50.3. The molecule has 1 amide bonds. The first-order chi connectivity index (χ1) is 34.0. The number of allylic oxidation sites excluding steroid dienone is 12. The first-order valence-electron chi connectivity index (χ1n) is 29.3. The van der Waals surface area contributed by atoms with Gasteiger partial charge in [-0.2, -0.15) is 0 Å². The number of phosphoric acid groups is 1. The maximum atomic E-state index is 12.9. The number of nitrogens with zero attached hydrogens (tertiary/aromatic N) is 1. The minimum atomic E-state index is -4.56. The number of unbranched alkanes of at least 4 members (excludes halogenated alkanes) is 28. The Labute approximate surface area is 434 Å². The molecular formula is C61H113N2O6P. The average molecular weight is 1000 g/mol. The molecule has 0 rings (SSSR count). The van der Waals surface area contributed by atoms with Crippen molar-refractivity contribution < 1.29 is 32.9 Å². The highest BCUT2D eigenvalue weighted by atomic mass is 31.2. The fourth-order valence-corrected chi connectivity index (χ4v) is 9.12. The van der Waals surface area contributed by atoms with E-state index in [1.807, 2.05) is 21.1 Å². The number of aliphatic hydroxyl groups is 1. The summed E-state index contributed by atoms with van der Waals surface area (Å²) in [6, 6.07) is -0.799. The van der Waals surface area contributed by atoms with Crippen LogP contribution in [0.5, 0.6) is 0 Å². The first kappa shape index (κ1) is 67.9. The van der Waals surface area contributed by atoms with Gasteiger partial charge in [-0.25, -0.2) is 0 Å². The van der Waals surface area contributed by atoms with Gasteiger partial charge in [0.15, 0.2) is 0 Å². The monoisotopic (exact) mass is 1000 g/mol. The lowest BCUT2D eigenvalue weighted by molar-refractivity contribution is -0.870. The van der Waals surface area contributed by atoms with Crippen LogP contribution in [0.1, 0.15) is 258 Å². The number of phosphoric ester groups is 1. The van der Waals surface area contributed by atoms with Gasteiger partial charge in [0, 0.05) is 6.42 Å². The number of rotatable bonds is 53. The van der Waals surface area contributed by atoms with Gasteiger partial charge in [0.25, 0.3) is 7.82 Å². The van der Waals surface area contributed by atoms with Crippen LogP contribution in [-0.4, -0.2) is 68.5 Å². The summed E-state index contributed by atoms with van der Waals surface area (Å²) in [5.41, 5.74) is 0. The molecule has 3 unspecified atom stereocenters. The number of aliphatic hydroxyl groups excluding tert-OH is 1. The predicted octanol–water partition coefficient (Wildman–Crippen LogP) is 17.2. The molecule has 0 saturated heterocycles. The first-order valence-corrected chi connectivity index (χ1v) is 30.7. The largest absolute Gasteiger partial charge is 0.756 e. The molecule has 70 heavy (non-hydrogen) atoms. The van der Waals surface area contributed by atoms with Crippen molar-refractivity contribution in [3.8, 4) is 0 Å². The predicted molar refractivity (Wildman–Crippen MR) is 302 cm³/mol. The van der Waals surface area contributed by atoms with Crippen molar-refractivity contribution in [2.24, 2.45) is 0 Å². The fourth-order valence-electron chi connectivity index (χ4n) is 8.40. The summed E-state index contributed by atoms with van der Waals surface area (Å²) in [6.45, 7) is 4.59. The van der Waals surface area contributed by atoms with Gasteiger partial charge >= 0.3 is 0 Å². The lowest BCUT2D eigenvalue weighted by atomic mass is 10.0. The van der Waals surface area contributed by atoms with E-state index >= 15 is 0 Å². The van der Waals surface area contributed by atoms with Crippen molar-refractivity contribution in [2.45, 2.75) is 270 Å². The number of likely N-dealkylation sites (N-methyl/N-ethyl adjacent to an activating group) is 1. The molecule has 408 valence electrons. The standard InChI is InChI=1S/C61H113N2O6P/c1-6-8-10-12-14-16-17-18-19-20-21-22-23-24-25-26-27-28-29-30-31-32-33-34-35-36-37-38-39-40-41-42-43-44-45-47-49-51-53-55-61(65)62-59(58-69-70(66,67)68-57-56-63(3,4)5)60(64)54-52-50-48-46-15-13-11-9-7-2/h8,10,14,16,18-19,21-22,24-25,27-28,59-60,64H,6-7,9,11-13,15,17,20,23,26,29-58H2,1-5H3,(H-,62,65,66,67)/b10-8-,16-14-,19-18-,22-21-,25-24-,28-27-. The highest BCUT2D eigenvalue weighted by molar-refractivity contribution is 7.45. The van der Waals surface area contributed by atoms with E-state index in [1.165, 1.54) is 154 Å². The normalized spacial score (nSPS) is 14.4. The quantitative estimate of drug-likeness (QED) is 0.0272. The van der Waals surface area contributed by atoms with Crippen molar-refractivity contribution in [3.63, 3.8) is 0 Å². The van der Waals surface area contributed by atoms with E-state index in [4.69, 9.17) is 9.05 Å². The molecule has 0 aliphatic heterocycles. The molecule has 0 aromatic carbocycles. The summed E-state index contributed by atoms with van der Waals surface area (Å²) in [6.07, 6.45) is 71.1. The summed E-state index contributed by atoms with van der Waals surface area (Å²) in [4.78, 5) is 25.4. The number of hydrogen-bond donors (Lipinski definition) is 2. The zero-order chi connectivity index (χ0) is 51.3. The Hall–Kier alpha value is -2.06. The van der Waals surface area contributed by atoms with Crippen LogP contribution in [0, 0.1) is 0 Å². The van der Waals surface area contributed by atoms with Crippen LogP contribution in [0.3, 0.4) is 0 Å². The van der Waals surface area contributed by atoms with Gasteiger partial charge in [-0.05, 0) is 64.2 Å². The zero-order valence-corrected chi connectivity index (χ0v) is 47.4. The zero-order valence-electron chi connectivity index (χ0n) is 46.5. The van der Waals surface area contributed by atoms with Crippen LogP contribution >= 0.6 is 7.82 Å². The summed E-state index contributed by atoms with van der Waals surface area (Å²) in [5, 5.41) is 13.9. The highest BCUT2D eigenvalue weighted by Gasteiger charge is 2.24. The van der Waals surface area contributed by atoms with Crippen molar-refractivity contribution in [1.29, 1.82) is 0 Å². The molecular weight excluding hydrogens is 888 g/mol. The number of carbonyl (C=O) groups excluding carboxylic acids is 1. The smallest absolute Gasteiger partial charge is 0.268 e. The van der Waals surface area contributed by atoms with E-state index in [2.05, 4.69) is 92.1 Å². The molecule has 8 nitrogen and oxygen atoms in total. The summed E-state index contributed by atoms with van der Waals surface area (Å²) >= 11 is 0. The number of nitrogens with one attached hydrogen (secondary N) is 1. The Bertz CT molecular complexity index is 1370. The fraction of sp³-hybridized carbons (Fsp3) is 0.787. The molecule has 0 aliphatic carbocycles. The van der Waals surface area contributed by atoms with Crippen LogP contribution in [-0.2, 0) is 18.4 Å². The van der Waals surface area contributed by atoms with E-state index in [-0.39, 0.29) is 19.1 Å². The van der Waals surface area contributed by atoms with Gasteiger partial charge in [-0.15, -0.1) is 0 Å². The molecule has 0 fully saturated rings. The van der Waals surface area contributed by atoms with Crippen LogP contribution in [0.15, 0.2) is 72.9 Å². The number of quaternary nitrogens is 1. The van der Waals surface area contributed by atoms with E-state index in [0.29, 0.717) is 23.9 Å². The van der Waals surface area contributed by atoms with Gasteiger partial charge in [0.05, 0.1) is 39.9 Å². The third kappa shape index (κ3) is 53.7. The number of carbonyl (C=O) groups is 1. The minimum absolute atomic E-state index is 0.0118. The molecule has 0 aromatic heterocycles. The van der Waals surface area contributed by atoms with Crippen molar-refractivity contribution in [2.75, 3.05) is 40.9 Å². The maximum Gasteiger partial charge on any atom is 0.268 e. The van der Waals surface area contributed by atoms with Gasteiger partial charge < -0.3 is 28.8 Å². The maximum absolute atomic E-state index is 12.9. The number of amides is 1. The van der Waals surface area contributed by atoms with E-state index in [0.717, 1.165) is 77.0 Å². The van der Waals surface area contributed by atoms with Crippen LogP contribution < -0.4 is 10.2 Å². The molecule has 9 heteroatoms. The van der Waals surface area contributed by atoms with Gasteiger partial charge in [-0.3, -0.25) is 9.36 Å². The molecule has 0 saturated carbocycles. The number of hydrogen-bond acceptors (Lipinski definition) is 6. The summed E-state index contributed by atoms with van der Waals surface area (Å²) < 4.78 is 23.3. The van der Waals surface area contributed by atoms with Crippen molar-refractivity contribution in [1.82, 2.24) is 5.32 Å². The van der Waals surface area contributed by atoms with Crippen molar-refractivity contribution >= 4 is 13.7 Å². The van der Waals surface area contributed by atoms with Crippen LogP contribution in [0.4, 0.5) is 0 Å². The third-order valence-electron chi connectivity index (χ3n) is 13.0. The molecule has 0 radical (unpaired) electrons. The second kappa shape index (κ2) is 51.8. The Morgan fingerprint density at radius 1 is 0.514 bits per heavy atom. The molecule has 0 aromatic rings. The lowest BCUT2D eigenvalue weighted by Crippen LogP contribution is -2.46. The van der Waals surface area contributed by atoms with E-state index in [1.54, 1.807) is 0 Å². The lowest BCUT2D eigenvalue weighted by Gasteiger charge is -2.30. The molecule has 2 N–H and O–H groups in total. The minimum Gasteiger partial charge on any atom is -0.756 e. The second-order valence-corrected chi connectivity index (χ2v) is 22.4. The van der Waals surface area contributed by atoms with Crippen LogP contribution in [0.2, 0.25) is 0 Å². The SMILES string of the molecule is CC/C=C\C/C=C\C/C=C\C/C=C\C/C=C\C/C=C\CCCCCCCCCCCCCCCCCCCCCCC(=O)NC(COP(=O)([O-])OCC[N+](C)(C)C)C(O)CCCCCCCCCCC. The van der Waals surface area contributed by atoms with Crippen molar-refractivity contribution in [3.05, 3.63) is 72.9 Å². The molecule has 0 aliphatic rings. The molecule has 0 spiro atoms. The molecule has 0 bridgehead atoms. The van der Waals surface area contributed by atoms with E-state index in [9.17, 15) is 19.4 Å². The summed E-state index contributed by atoms with van der Waals surface area (Å²) in [7, 11) is 1.31. The topological polar surface area (TPSA) is 108 Å². The average Bonchev–Trinajstić information content (AvgIpc) is 3.32. The molecule has 3 atom stereocenters.